The van der Waals surface area contributed by atoms with E-state index >= 15 is 0 Å². The molecule has 3 saturated heterocycles. The van der Waals surface area contributed by atoms with Gasteiger partial charge >= 0.3 is 6.03 Å². The quantitative estimate of drug-likeness (QED) is 0.573. The maximum absolute atomic E-state index is 13.0. The largest absolute Gasteiger partial charge is 0.497 e. The second kappa shape index (κ2) is 8.59. The molecule has 0 saturated carbocycles. The number of imidazole rings is 1. The van der Waals surface area contributed by atoms with E-state index in [2.05, 4.69) is 20.5 Å². The minimum Gasteiger partial charge on any atom is -0.497 e. The highest BCUT2D eigenvalue weighted by molar-refractivity contribution is 5.76. The smallest absolute Gasteiger partial charge is 0.315 e. The van der Waals surface area contributed by atoms with E-state index in [0.717, 1.165) is 47.8 Å². The number of para-hydroxylation sites is 2. The van der Waals surface area contributed by atoms with E-state index in [9.17, 15) is 4.79 Å². The fourth-order valence-electron chi connectivity index (χ4n) is 4.85. The summed E-state index contributed by atoms with van der Waals surface area (Å²) in [5.74, 6) is 2.17. The van der Waals surface area contributed by atoms with E-state index in [1.165, 1.54) is 12.8 Å². The summed E-state index contributed by atoms with van der Waals surface area (Å²) in [5.41, 5.74) is 2.98. The van der Waals surface area contributed by atoms with E-state index in [1.807, 2.05) is 48.5 Å². The molecule has 2 amide bonds. The second-order valence-electron chi connectivity index (χ2n) is 8.61. The zero-order valence-corrected chi connectivity index (χ0v) is 17.8. The first kappa shape index (κ1) is 19.9. The van der Waals surface area contributed by atoms with Crippen LogP contribution in [0.5, 0.6) is 5.75 Å². The monoisotopic (exact) mass is 419 g/mol. The number of benzene rings is 2. The number of amides is 2. The zero-order chi connectivity index (χ0) is 21.2. The molecule has 1 unspecified atom stereocenters. The lowest BCUT2D eigenvalue weighted by molar-refractivity contribution is 0.0763. The van der Waals surface area contributed by atoms with Gasteiger partial charge in [0.25, 0.3) is 0 Å². The van der Waals surface area contributed by atoms with Gasteiger partial charge < -0.3 is 25.3 Å². The zero-order valence-electron chi connectivity index (χ0n) is 17.8. The average molecular weight is 420 g/mol. The lowest BCUT2D eigenvalue weighted by Crippen LogP contribution is -2.58. The summed E-state index contributed by atoms with van der Waals surface area (Å²) in [6, 6.07) is 15.7. The molecule has 0 aliphatic carbocycles. The van der Waals surface area contributed by atoms with Crippen molar-refractivity contribution >= 4 is 17.1 Å². The first-order valence-electron chi connectivity index (χ1n) is 11.0. The first-order chi connectivity index (χ1) is 15.2. The predicted octanol–water partition coefficient (Wildman–Crippen LogP) is 3.25. The van der Waals surface area contributed by atoms with Gasteiger partial charge in [-0.15, -0.1) is 0 Å². The van der Waals surface area contributed by atoms with Crippen molar-refractivity contribution in [2.75, 3.05) is 26.7 Å². The van der Waals surface area contributed by atoms with E-state index < -0.39 is 0 Å². The summed E-state index contributed by atoms with van der Waals surface area (Å²) in [6.45, 7) is 3.26. The Kier molecular flexibility index (Phi) is 5.51. The molecule has 2 atom stereocenters. The molecule has 3 N–H and O–H groups in total. The second-order valence-corrected chi connectivity index (χ2v) is 8.61. The van der Waals surface area contributed by atoms with Gasteiger partial charge in [0, 0.05) is 12.6 Å². The maximum atomic E-state index is 13.0. The van der Waals surface area contributed by atoms with Crippen LogP contribution in [0.15, 0.2) is 48.5 Å². The summed E-state index contributed by atoms with van der Waals surface area (Å²) in [7, 11) is 1.66. The molecule has 6 rings (SSSR count). The number of carbonyl (C=O) groups is 1. The number of piperidine rings is 3. The summed E-state index contributed by atoms with van der Waals surface area (Å²) >= 11 is 0. The number of carbonyl (C=O) groups excluding carboxylic acids is 1. The molecule has 0 spiro atoms. The maximum Gasteiger partial charge on any atom is 0.315 e. The molecule has 1 aromatic heterocycles. The number of rotatable bonds is 6. The van der Waals surface area contributed by atoms with Crippen molar-refractivity contribution in [3.05, 3.63) is 59.9 Å². The van der Waals surface area contributed by atoms with Crippen LogP contribution in [0.2, 0.25) is 0 Å². The van der Waals surface area contributed by atoms with Crippen LogP contribution in [-0.4, -0.2) is 53.7 Å². The molecule has 3 aromatic rings. The summed E-state index contributed by atoms with van der Waals surface area (Å²) in [6.07, 6.45) is 2.98. The number of hydrogen-bond donors (Lipinski definition) is 3. The number of fused-ring (bicyclic) bond motifs is 4. The van der Waals surface area contributed by atoms with Crippen LogP contribution >= 0.6 is 0 Å². The topological polar surface area (TPSA) is 82.3 Å². The molecule has 31 heavy (non-hydrogen) atoms. The Morgan fingerprint density at radius 1 is 1.19 bits per heavy atom. The van der Waals surface area contributed by atoms with Crippen molar-refractivity contribution < 1.29 is 9.53 Å². The van der Waals surface area contributed by atoms with Crippen LogP contribution in [0.1, 0.15) is 30.3 Å². The van der Waals surface area contributed by atoms with Gasteiger partial charge in [0.1, 0.15) is 11.6 Å². The molecule has 3 fully saturated rings. The lowest BCUT2D eigenvalue weighted by Gasteiger charge is -2.44. The normalized spacial score (nSPS) is 23.5. The number of ether oxygens (including phenoxy) is 1. The summed E-state index contributed by atoms with van der Waals surface area (Å²) < 4.78 is 5.27. The molecular weight excluding hydrogens is 390 g/mol. The summed E-state index contributed by atoms with van der Waals surface area (Å²) in [4.78, 5) is 23.6. The van der Waals surface area contributed by atoms with Gasteiger partial charge in [0.05, 0.1) is 24.2 Å². The third-order valence-electron chi connectivity index (χ3n) is 6.61. The SMILES string of the molecule is COc1ccc(C[C@@H](NC(=O)NC2CN3CCC2CC3)c2nc3ccccc3[nH]2)cc1. The van der Waals surface area contributed by atoms with E-state index in [4.69, 9.17) is 9.72 Å². The minimum absolute atomic E-state index is 0.127. The Morgan fingerprint density at radius 2 is 1.97 bits per heavy atom. The number of methoxy groups -OCH3 is 1. The third kappa shape index (κ3) is 4.37. The van der Waals surface area contributed by atoms with Gasteiger partial charge in [-0.1, -0.05) is 24.3 Å². The Bertz CT molecular complexity index is 1010. The minimum atomic E-state index is -0.262. The molecule has 2 bridgehead atoms. The molecule has 0 radical (unpaired) electrons. The van der Waals surface area contributed by atoms with Crippen molar-refractivity contribution in [3.8, 4) is 5.75 Å². The van der Waals surface area contributed by atoms with Gasteiger partial charge in [-0.3, -0.25) is 0 Å². The van der Waals surface area contributed by atoms with Crippen LogP contribution in [0.4, 0.5) is 4.79 Å². The standard InChI is InChI=1S/C24H29N5O2/c1-31-18-8-6-16(7-9-18)14-21(23-25-19-4-2-3-5-20(19)26-23)27-24(30)28-22-15-29-12-10-17(22)11-13-29/h2-9,17,21-22H,10-15H2,1H3,(H,25,26)(H2,27,28,30)/t21-,22?/m1/s1. The van der Waals surface area contributed by atoms with Crippen LogP contribution in [-0.2, 0) is 6.42 Å². The molecule has 3 aliphatic heterocycles. The summed E-state index contributed by atoms with van der Waals surface area (Å²) in [5, 5.41) is 6.42. The van der Waals surface area contributed by atoms with Gasteiger partial charge in [-0.2, -0.15) is 0 Å². The molecule has 2 aromatic carbocycles. The third-order valence-corrected chi connectivity index (χ3v) is 6.61. The molecule has 7 nitrogen and oxygen atoms in total. The van der Waals surface area contributed by atoms with Crippen molar-refractivity contribution in [1.29, 1.82) is 0 Å². The molecule has 162 valence electrons. The van der Waals surface area contributed by atoms with Crippen LogP contribution in [0.3, 0.4) is 0 Å². The Labute approximate surface area is 182 Å². The highest BCUT2D eigenvalue weighted by atomic mass is 16.5. The van der Waals surface area contributed by atoms with Gasteiger partial charge in [0.2, 0.25) is 0 Å². The number of H-pyrrole nitrogens is 1. The fourth-order valence-corrected chi connectivity index (χ4v) is 4.85. The van der Waals surface area contributed by atoms with E-state index in [1.54, 1.807) is 7.11 Å². The Hall–Kier alpha value is -3.06. The van der Waals surface area contributed by atoms with Crippen molar-refractivity contribution in [2.24, 2.45) is 5.92 Å². The number of aromatic nitrogens is 2. The van der Waals surface area contributed by atoms with E-state index in [-0.39, 0.29) is 18.1 Å². The number of hydrogen-bond acceptors (Lipinski definition) is 4. The molecular formula is C24H29N5O2. The number of nitrogens with one attached hydrogen (secondary N) is 3. The number of nitrogens with zero attached hydrogens (tertiary/aromatic N) is 2. The highest BCUT2D eigenvalue weighted by Gasteiger charge is 2.35. The average Bonchev–Trinajstić information content (AvgIpc) is 3.24. The van der Waals surface area contributed by atoms with Crippen LogP contribution < -0.4 is 15.4 Å². The Balaban J connectivity index is 1.34. The van der Waals surface area contributed by atoms with Gasteiger partial charge in [-0.05, 0) is 68.1 Å². The predicted molar refractivity (Wildman–Crippen MR) is 120 cm³/mol. The highest BCUT2D eigenvalue weighted by Crippen LogP contribution is 2.27. The lowest BCUT2D eigenvalue weighted by atomic mass is 9.84. The van der Waals surface area contributed by atoms with Gasteiger partial charge in [0.15, 0.2) is 0 Å². The fraction of sp³-hybridized carbons (Fsp3) is 0.417. The van der Waals surface area contributed by atoms with Gasteiger partial charge in [-0.25, -0.2) is 9.78 Å². The van der Waals surface area contributed by atoms with Crippen molar-refractivity contribution in [1.82, 2.24) is 25.5 Å². The Morgan fingerprint density at radius 3 is 2.65 bits per heavy atom. The molecule has 4 heterocycles. The number of aromatic amines is 1. The van der Waals surface area contributed by atoms with E-state index in [0.29, 0.717) is 12.3 Å². The van der Waals surface area contributed by atoms with Crippen molar-refractivity contribution in [2.45, 2.75) is 31.3 Å². The molecule has 7 heteroatoms. The molecule has 3 aliphatic rings. The van der Waals surface area contributed by atoms with Crippen LogP contribution in [0, 0.1) is 5.92 Å². The van der Waals surface area contributed by atoms with Crippen molar-refractivity contribution in [3.63, 3.8) is 0 Å². The first-order valence-corrected chi connectivity index (χ1v) is 11.0. The number of urea groups is 1. The van der Waals surface area contributed by atoms with Crippen LogP contribution in [0.25, 0.3) is 11.0 Å².